The molecular weight excluding hydrogens is 498 g/mol. The van der Waals surface area contributed by atoms with Crippen LogP contribution in [-0.4, -0.2) is 41.0 Å². The SMILES string of the molecule is COC(=O)c1c(Cl)csc1-n1c(C)nnc1CCC(C)(C)[Si](O)(c1ccccc1)c1ccccc1. The summed E-state index contributed by atoms with van der Waals surface area (Å²) in [5.41, 5.74) is 0.307. The van der Waals surface area contributed by atoms with Gasteiger partial charge in [0, 0.05) is 11.8 Å². The number of hydrogen-bond donors (Lipinski definition) is 1. The third kappa shape index (κ3) is 4.59. The van der Waals surface area contributed by atoms with Crippen molar-refractivity contribution in [1.29, 1.82) is 0 Å². The van der Waals surface area contributed by atoms with Crippen LogP contribution in [0.4, 0.5) is 0 Å². The summed E-state index contributed by atoms with van der Waals surface area (Å²) >= 11 is 7.66. The maximum atomic E-state index is 12.4. The lowest BCUT2D eigenvalue weighted by atomic mass is 10.1. The van der Waals surface area contributed by atoms with E-state index in [1.807, 2.05) is 72.2 Å². The lowest BCUT2D eigenvalue weighted by Gasteiger charge is -2.41. The molecule has 0 saturated carbocycles. The van der Waals surface area contributed by atoms with Crippen molar-refractivity contribution in [2.45, 2.75) is 38.7 Å². The predicted molar refractivity (Wildman–Crippen MR) is 143 cm³/mol. The van der Waals surface area contributed by atoms with Gasteiger partial charge in [-0.15, -0.1) is 21.5 Å². The van der Waals surface area contributed by atoms with E-state index in [9.17, 15) is 9.59 Å². The minimum Gasteiger partial charge on any atom is -0.465 e. The highest BCUT2D eigenvalue weighted by atomic mass is 35.5. The van der Waals surface area contributed by atoms with Crippen LogP contribution in [0.5, 0.6) is 0 Å². The van der Waals surface area contributed by atoms with Crippen LogP contribution in [-0.2, 0) is 11.2 Å². The molecular formula is C26H28ClN3O3SSi. The Bertz CT molecular complexity index is 1280. The standard InChI is InChI=1S/C26H28ClN3O3SSi/c1-18-28-29-22(30(18)24-23(25(31)33-4)21(27)17-34-24)15-16-26(2,3)35(32,19-11-7-5-8-12-19)20-13-9-6-10-14-20/h5-14,17,32H,15-16H2,1-4H3. The van der Waals surface area contributed by atoms with E-state index in [4.69, 9.17) is 16.3 Å². The molecule has 0 aliphatic heterocycles. The van der Waals surface area contributed by atoms with Crippen molar-refractivity contribution in [3.8, 4) is 5.00 Å². The first-order chi connectivity index (χ1) is 16.7. The fourth-order valence-corrected chi connectivity index (χ4v) is 9.60. The summed E-state index contributed by atoms with van der Waals surface area (Å²) in [7, 11) is -1.82. The van der Waals surface area contributed by atoms with Crippen LogP contribution in [0.1, 0.15) is 42.3 Å². The first kappa shape index (κ1) is 25.3. The molecule has 0 atom stereocenters. The van der Waals surface area contributed by atoms with Crippen LogP contribution in [0.25, 0.3) is 5.00 Å². The molecule has 9 heteroatoms. The van der Waals surface area contributed by atoms with Gasteiger partial charge in [-0.1, -0.05) is 86.1 Å². The Labute approximate surface area is 215 Å². The largest absolute Gasteiger partial charge is 0.465 e. The van der Waals surface area contributed by atoms with Crippen LogP contribution in [0, 0.1) is 6.92 Å². The number of carbonyl (C=O) groups excluding carboxylic acids is 1. The van der Waals surface area contributed by atoms with Gasteiger partial charge in [-0.05, 0) is 28.8 Å². The number of esters is 1. The predicted octanol–water partition coefficient (Wildman–Crippen LogP) is 4.54. The van der Waals surface area contributed by atoms with E-state index in [1.54, 1.807) is 5.38 Å². The first-order valence-electron chi connectivity index (χ1n) is 11.3. The van der Waals surface area contributed by atoms with Crippen molar-refractivity contribution in [2.75, 3.05) is 7.11 Å². The second-order valence-electron chi connectivity index (χ2n) is 9.08. The smallest absolute Gasteiger partial charge is 0.342 e. The van der Waals surface area contributed by atoms with E-state index in [1.165, 1.54) is 18.4 Å². The highest BCUT2D eigenvalue weighted by Crippen LogP contribution is 2.40. The molecule has 0 spiro atoms. The molecule has 182 valence electrons. The van der Waals surface area contributed by atoms with Crippen molar-refractivity contribution in [1.82, 2.24) is 14.8 Å². The van der Waals surface area contributed by atoms with Gasteiger partial charge in [0.1, 0.15) is 22.2 Å². The van der Waals surface area contributed by atoms with Crippen LogP contribution in [0.15, 0.2) is 66.0 Å². The normalized spacial score (nSPS) is 12.1. The Balaban J connectivity index is 1.72. The van der Waals surface area contributed by atoms with Gasteiger partial charge in [-0.25, -0.2) is 4.79 Å². The number of halogens is 1. The summed E-state index contributed by atoms with van der Waals surface area (Å²) in [6.45, 7) is 6.08. The molecule has 2 heterocycles. The monoisotopic (exact) mass is 525 g/mol. The second kappa shape index (κ2) is 10.1. The van der Waals surface area contributed by atoms with Gasteiger partial charge in [0.2, 0.25) is 0 Å². The van der Waals surface area contributed by atoms with E-state index in [2.05, 4.69) is 24.0 Å². The zero-order valence-corrected chi connectivity index (χ0v) is 22.7. The topological polar surface area (TPSA) is 77.2 Å². The zero-order chi connectivity index (χ0) is 25.2. The molecule has 4 aromatic rings. The molecule has 0 unspecified atom stereocenters. The summed E-state index contributed by atoms with van der Waals surface area (Å²) in [6, 6.07) is 19.9. The number of nitrogens with zero attached hydrogens (tertiary/aromatic N) is 3. The van der Waals surface area contributed by atoms with E-state index >= 15 is 0 Å². The maximum absolute atomic E-state index is 12.4. The van der Waals surface area contributed by atoms with Crippen molar-refractivity contribution >= 4 is 47.6 Å². The third-order valence-electron chi connectivity index (χ3n) is 6.55. The Kier molecular flexibility index (Phi) is 7.28. The molecule has 35 heavy (non-hydrogen) atoms. The van der Waals surface area contributed by atoms with E-state index in [0.29, 0.717) is 40.1 Å². The summed E-state index contributed by atoms with van der Waals surface area (Å²) in [5.74, 6) is 0.859. The second-order valence-corrected chi connectivity index (χ2v) is 14.3. The average molecular weight is 526 g/mol. The minimum absolute atomic E-state index is 0.307. The number of benzene rings is 2. The fourth-order valence-electron chi connectivity index (χ4n) is 4.52. The Morgan fingerprint density at radius 1 is 1.09 bits per heavy atom. The molecule has 0 amide bonds. The van der Waals surface area contributed by atoms with Gasteiger partial charge >= 0.3 is 5.97 Å². The lowest BCUT2D eigenvalue weighted by molar-refractivity contribution is 0.0601. The van der Waals surface area contributed by atoms with Crippen molar-refractivity contribution in [3.63, 3.8) is 0 Å². The zero-order valence-electron chi connectivity index (χ0n) is 20.2. The molecule has 0 aliphatic carbocycles. The molecule has 4 rings (SSSR count). The number of hydrogen-bond acceptors (Lipinski definition) is 6. The number of methoxy groups -OCH3 is 1. The van der Waals surface area contributed by atoms with Gasteiger partial charge in [0.15, 0.2) is 0 Å². The average Bonchev–Trinajstić information content (AvgIpc) is 3.44. The molecule has 6 nitrogen and oxygen atoms in total. The van der Waals surface area contributed by atoms with Crippen molar-refractivity contribution in [2.24, 2.45) is 0 Å². The summed E-state index contributed by atoms with van der Waals surface area (Å²) in [5, 5.41) is 12.9. The van der Waals surface area contributed by atoms with Crippen LogP contribution in [0.3, 0.4) is 0 Å². The quantitative estimate of drug-likeness (QED) is 0.270. The fraction of sp³-hybridized carbons (Fsp3) is 0.269. The molecule has 0 bridgehead atoms. The number of aryl methyl sites for hydroxylation is 2. The highest BCUT2D eigenvalue weighted by molar-refractivity contribution is 7.13. The first-order valence-corrected chi connectivity index (χ1v) is 14.5. The van der Waals surface area contributed by atoms with Crippen LogP contribution >= 0.6 is 22.9 Å². The minimum atomic E-state index is -3.15. The van der Waals surface area contributed by atoms with Gasteiger partial charge < -0.3 is 9.53 Å². The number of rotatable bonds is 8. The van der Waals surface area contributed by atoms with E-state index < -0.39 is 19.3 Å². The number of carbonyl (C=O) groups is 1. The summed E-state index contributed by atoms with van der Waals surface area (Å²) in [4.78, 5) is 24.8. The molecule has 0 saturated heterocycles. The summed E-state index contributed by atoms with van der Waals surface area (Å²) < 4.78 is 6.82. The highest BCUT2D eigenvalue weighted by Gasteiger charge is 2.49. The Morgan fingerprint density at radius 3 is 2.20 bits per heavy atom. The molecule has 0 aliphatic rings. The van der Waals surface area contributed by atoms with Gasteiger partial charge in [0.25, 0.3) is 8.32 Å². The van der Waals surface area contributed by atoms with Crippen molar-refractivity contribution < 1.29 is 14.3 Å². The molecule has 0 radical (unpaired) electrons. The number of thiophene rings is 1. The Morgan fingerprint density at radius 2 is 1.66 bits per heavy atom. The Hall–Kier alpha value is -2.78. The molecule has 2 aromatic carbocycles. The maximum Gasteiger partial charge on any atom is 0.342 e. The third-order valence-corrected chi connectivity index (χ3v) is 12.5. The van der Waals surface area contributed by atoms with Gasteiger partial charge in [-0.3, -0.25) is 4.57 Å². The summed E-state index contributed by atoms with van der Waals surface area (Å²) in [6.07, 6.45) is 1.21. The molecule has 2 aromatic heterocycles. The van der Waals surface area contributed by atoms with E-state index in [0.717, 1.165) is 10.4 Å². The molecule has 1 N–H and O–H groups in total. The van der Waals surface area contributed by atoms with Gasteiger partial charge in [0.05, 0.1) is 12.1 Å². The number of ether oxygens (including phenoxy) is 1. The van der Waals surface area contributed by atoms with Crippen LogP contribution in [0.2, 0.25) is 10.1 Å². The lowest BCUT2D eigenvalue weighted by Crippen LogP contribution is -2.65. The van der Waals surface area contributed by atoms with Gasteiger partial charge in [-0.2, -0.15) is 0 Å². The van der Waals surface area contributed by atoms with E-state index in [-0.39, 0.29) is 0 Å². The molecule has 0 fully saturated rings. The van der Waals surface area contributed by atoms with Crippen LogP contribution < -0.4 is 10.4 Å². The van der Waals surface area contributed by atoms with Crippen molar-refractivity contribution in [3.05, 3.63) is 88.3 Å². The number of aromatic nitrogens is 3.